The van der Waals surface area contributed by atoms with Gasteiger partial charge in [-0.3, -0.25) is 0 Å². The second-order valence-corrected chi connectivity index (χ2v) is 8.16. The Labute approximate surface area is 169 Å². The second kappa shape index (κ2) is 7.35. The maximum absolute atomic E-state index is 13.4. The monoisotopic (exact) mass is 394 g/mol. The molecule has 1 aromatic heterocycles. The first-order valence-corrected chi connectivity index (χ1v) is 9.61. The van der Waals surface area contributed by atoms with E-state index in [4.69, 9.17) is 9.47 Å². The molecule has 0 saturated heterocycles. The maximum atomic E-state index is 13.4. The number of rotatable bonds is 3. The van der Waals surface area contributed by atoms with E-state index in [1.807, 2.05) is 45.0 Å². The number of halogens is 1. The molecule has 1 heterocycles. The average Bonchev–Trinajstić information content (AvgIpc) is 3.29. The van der Waals surface area contributed by atoms with Crippen molar-refractivity contribution < 1.29 is 18.7 Å². The standard InChI is InChI=1S/C23H23FN2O3/c1-23(2,3)29-22(27)26-13-20(25-14-26)15-4-8-18(9-5-15)28-21-11-6-16-12-17(24)7-10-19(16)21/h4-5,7-10,12-14,21H,6,11H2,1-3H3. The Hall–Kier alpha value is -3.15. The van der Waals surface area contributed by atoms with Crippen LogP contribution in [0.3, 0.4) is 0 Å². The quantitative estimate of drug-likeness (QED) is 0.585. The van der Waals surface area contributed by atoms with Crippen LogP contribution in [0.25, 0.3) is 11.3 Å². The predicted octanol–water partition coefficient (Wildman–Crippen LogP) is 5.54. The summed E-state index contributed by atoms with van der Waals surface area (Å²) in [6, 6.07) is 12.4. The average molecular weight is 394 g/mol. The van der Waals surface area contributed by atoms with Gasteiger partial charge in [0.15, 0.2) is 0 Å². The molecular formula is C23H23FN2O3. The minimum absolute atomic E-state index is 0.0668. The van der Waals surface area contributed by atoms with Crippen molar-refractivity contribution in [3.63, 3.8) is 0 Å². The van der Waals surface area contributed by atoms with Crippen LogP contribution in [0.15, 0.2) is 55.0 Å². The molecule has 0 bridgehead atoms. The minimum Gasteiger partial charge on any atom is -0.486 e. The fourth-order valence-corrected chi connectivity index (χ4v) is 3.42. The van der Waals surface area contributed by atoms with Gasteiger partial charge in [-0.1, -0.05) is 6.07 Å². The van der Waals surface area contributed by atoms with Gasteiger partial charge >= 0.3 is 6.09 Å². The van der Waals surface area contributed by atoms with E-state index in [2.05, 4.69) is 4.98 Å². The van der Waals surface area contributed by atoms with Gasteiger partial charge in [-0.15, -0.1) is 0 Å². The molecule has 0 radical (unpaired) electrons. The summed E-state index contributed by atoms with van der Waals surface area (Å²) in [6.07, 6.45) is 4.21. The summed E-state index contributed by atoms with van der Waals surface area (Å²) in [5.41, 5.74) is 3.04. The van der Waals surface area contributed by atoms with Crippen molar-refractivity contribution in [3.05, 3.63) is 71.9 Å². The molecule has 0 spiro atoms. The van der Waals surface area contributed by atoms with Gasteiger partial charge in [0.25, 0.3) is 0 Å². The number of hydrogen-bond donors (Lipinski definition) is 0. The normalized spacial score (nSPS) is 15.8. The molecule has 0 amide bonds. The van der Waals surface area contributed by atoms with E-state index in [1.54, 1.807) is 18.3 Å². The molecular weight excluding hydrogens is 371 g/mol. The molecule has 0 N–H and O–H groups in total. The van der Waals surface area contributed by atoms with E-state index in [0.717, 1.165) is 35.3 Å². The Bertz CT molecular complexity index is 1040. The number of carbonyl (C=O) groups excluding carboxylic acids is 1. The lowest BCUT2D eigenvalue weighted by molar-refractivity contribution is 0.0536. The number of benzene rings is 2. The Balaban J connectivity index is 1.45. The van der Waals surface area contributed by atoms with Gasteiger partial charge in [0, 0.05) is 11.8 Å². The smallest absolute Gasteiger partial charge is 0.419 e. The number of fused-ring (bicyclic) bond motifs is 1. The molecule has 0 fully saturated rings. The van der Waals surface area contributed by atoms with E-state index in [1.165, 1.54) is 17.0 Å². The van der Waals surface area contributed by atoms with Crippen LogP contribution in [-0.4, -0.2) is 21.2 Å². The zero-order valence-electron chi connectivity index (χ0n) is 16.7. The van der Waals surface area contributed by atoms with Gasteiger partial charge in [-0.25, -0.2) is 18.7 Å². The maximum Gasteiger partial charge on any atom is 0.419 e. The third kappa shape index (κ3) is 4.31. The molecule has 1 unspecified atom stereocenters. The molecule has 0 aliphatic heterocycles. The van der Waals surface area contributed by atoms with Crippen LogP contribution in [0.4, 0.5) is 9.18 Å². The van der Waals surface area contributed by atoms with E-state index >= 15 is 0 Å². The van der Waals surface area contributed by atoms with Gasteiger partial charge in [0.05, 0.1) is 5.69 Å². The lowest BCUT2D eigenvalue weighted by atomic mass is 10.1. The van der Waals surface area contributed by atoms with Crippen LogP contribution < -0.4 is 4.74 Å². The van der Waals surface area contributed by atoms with Gasteiger partial charge in [-0.05, 0) is 81.1 Å². The summed E-state index contributed by atoms with van der Waals surface area (Å²) >= 11 is 0. The second-order valence-electron chi connectivity index (χ2n) is 8.16. The molecule has 29 heavy (non-hydrogen) atoms. The largest absolute Gasteiger partial charge is 0.486 e. The summed E-state index contributed by atoms with van der Waals surface area (Å²) in [6.45, 7) is 5.46. The SMILES string of the molecule is CC(C)(C)OC(=O)n1cnc(-c2ccc(OC3CCc4cc(F)ccc43)cc2)c1. The van der Waals surface area contributed by atoms with Crippen molar-refractivity contribution >= 4 is 6.09 Å². The first-order chi connectivity index (χ1) is 13.8. The van der Waals surface area contributed by atoms with Crippen molar-refractivity contribution in [3.8, 4) is 17.0 Å². The number of hydrogen-bond acceptors (Lipinski definition) is 4. The van der Waals surface area contributed by atoms with Crippen LogP contribution in [0.2, 0.25) is 0 Å². The topological polar surface area (TPSA) is 53.4 Å². The van der Waals surface area contributed by atoms with E-state index in [0.29, 0.717) is 5.69 Å². The lowest BCUT2D eigenvalue weighted by Gasteiger charge is -2.19. The minimum atomic E-state index is -0.564. The molecule has 1 aliphatic rings. The Kier molecular flexibility index (Phi) is 4.86. The number of aryl methyl sites for hydroxylation is 1. The van der Waals surface area contributed by atoms with Gasteiger partial charge in [-0.2, -0.15) is 0 Å². The zero-order chi connectivity index (χ0) is 20.6. The van der Waals surface area contributed by atoms with Crippen LogP contribution in [0.5, 0.6) is 5.75 Å². The van der Waals surface area contributed by atoms with E-state index in [9.17, 15) is 9.18 Å². The molecule has 0 saturated carbocycles. The van der Waals surface area contributed by atoms with Crippen molar-refractivity contribution in [1.29, 1.82) is 0 Å². The summed E-state index contributed by atoms with van der Waals surface area (Å²) < 4.78 is 26.2. The fraction of sp³-hybridized carbons (Fsp3) is 0.304. The molecule has 3 aromatic rings. The summed E-state index contributed by atoms with van der Waals surface area (Å²) in [5, 5.41) is 0. The molecule has 6 heteroatoms. The predicted molar refractivity (Wildman–Crippen MR) is 107 cm³/mol. The number of carbonyl (C=O) groups is 1. The molecule has 150 valence electrons. The first-order valence-electron chi connectivity index (χ1n) is 9.61. The van der Waals surface area contributed by atoms with Crippen LogP contribution in [0, 0.1) is 5.82 Å². The summed E-state index contributed by atoms with van der Waals surface area (Å²) in [5.74, 6) is 0.530. The first kappa shape index (κ1) is 19.2. The van der Waals surface area contributed by atoms with Crippen molar-refractivity contribution in [2.75, 3.05) is 0 Å². The fourth-order valence-electron chi connectivity index (χ4n) is 3.42. The Morgan fingerprint density at radius 3 is 2.66 bits per heavy atom. The van der Waals surface area contributed by atoms with Crippen LogP contribution in [-0.2, 0) is 11.2 Å². The van der Waals surface area contributed by atoms with Crippen LogP contribution >= 0.6 is 0 Å². The molecule has 1 atom stereocenters. The molecule has 2 aromatic carbocycles. The Morgan fingerprint density at radius 2 is 1.93 bits per heavy atom. The van der Waals surface area contributed by atoms with Crippen LogP contribution in [0.1, 0.15) is 44.4 Å². The summed E-state index contributed by atoms with van der Waals surface area (Å²) in [4.78, 5) is 16.4. The van der Waals surface area contributed by atoms with Crippen molar-refractivity contribution in [2.24, 2.45) is 0 Å². The molecule has 5 nitrogen and oxygen atoms in total. The zero-order valence-corrected chi connectivity index (χ0v) is 16.7. The lowest BCUT2D eigenvalue weighted by Crippen LogP contribution is -2.26. The third-order valence-electron chi connectivity index (χ3n) is 4.74. The highest BCUT2D eigenvalue weighted by Gasteiger charge is 2.24. The van der Waals surface area contributed by atoms with E-state index < -0.39 is 11.7 Å². The van der Waals surface area contributed by atoms with E-state index in [-0.39, 0.29) is 11.9 Å². The number of ether oxygens (including phenoxy) is 2. The summed E-state index contributed by atoms with van der Waals surface area (Å²) in [7, 11) is 0. The third-order valence-corrected chi connectivity index (χ3v) is 4.74. The number of nitrogens with zero attached hydrogens (tertiary/aromatic N) is 2. The number of aromatic nitrogens is 2. The van der Waals surface area contributed by atoms with Gasteiger partial charge in [0.1, 0.15) is 29.6 Å². The highest BCUT2D eigenvalue weighted by atomic mass is 19.1. The highest BCUT2D eigenvalue weighted by Crippen LogP contribution is 2.35. The number of imidazole rings is 1. The van der Waals surface area contributed by atoms with Crippen molar-refractivity contribution in [1.82, 2.24) is 9.55 Å². The van der Waals surface area contributed by atoms with Gasteiger partial charge < -0.3 is 9.47 Å². The van der Waals surface area contributed by atoms with Gasteiger partial charge in [0.2, 0.25) is 0 Å². The van der Waals surface area contributed by atoms with Crippen molar-refractivity contribution in [2.45, 2.75) is 45.3 Å². The highest BCUT2D eigenvalue weighted by molar-refractivity contribution is 5.73. The molecule has 1 aliphatic carbocycles. The molecule has 4 rings (SSSR count). The Morgan fingerprint density at radius 1 is 1.17 bits per heavy atom.